The Bertz CT molecular complexity index is 71.6. The van der Waals surface area contributed by atoms with Crippen LogP contribution in [0.25, 0.3) is 0 Å². The quantitative estimate of drug-likeness (QED) is 0.267. The monoisotopic (exact) mass is 295 g/mol. The normalized spacial score (nSPS) is 6.33. The fraction of sp³-hybridized carbons (Fsp3) is 0.750. The number of halogens is 1. The van der Waals surface area contributed by atoms with Crippen molar-refractivity contribution in [2.45, 2.75) is 19.8 Å². The maximum absolute atomic E-state index is 9.51. The van der Waals surface area contributed by atoms with Crippen LogP contribution in [0.5, 0.6) is 0 Å². The average molecular weight is 294 g/mol. The summed E-state index contributed by atoms with van der Waals surface area (Å²) in [7, 11) is 0. The number of nitrogens with zero attached hydrogens (tertiary/aromatic N) is 1. The van der Waals surface area contributed by atoms with Crippen molar-refractivity contribution in [2.24, 2.45) is 0 Å². The Labute approximate surface area is 85.3 Å². The summed E-state index contributed by atoms with van der Waals surface area (Å²) in [4.78, 5) is 9.10. The number of hydrogen-bond donors (Lipinski definition) is 0. The number of unbranched alkanes of at least 4 members (excludes halogenated alkanes) is 1. The Hall–Kier alpha value is 0.672. The van der Waals surface area contributed by atoms with Crippen molar-refractivity contribution in [1.82, 2.24) is 0 Å². The van der Waals surface area contributed by atoms with E-state index in [4.69, 9.17) is 0 Å². The van der Waals surface area contributed by atoms with Gasteiger partial charge in [-0.3, -0.25) is 10.1 Å². The number of nitro groups is 1. The van der Waals surface area contributed by atoms with Crippen LogP contribution < -0.4 is 17.0 Å². The Morgan fingerprint density at radius 3 is 2.22 bits per heavy atom. The molecule has 0 aliphatic rings. The van der Waals surface area contributed by atoms with Gasteiger partial charge in [0.05, 0.1) is 0 Å². The molecule has 0 atom stereocenters. The van der Waals surface area contributed by atoms with E-state index in [0.29, 0.717) is 6.42 Å². The van der Waals surface area contributed by atoms with Gasteiger partial charge in [-0.15, -0.1) is 11.3 Å². The van der Waals surface area contributed by atoms with Crippen molar-refractivity contribution in [3.63, 3.8) is 0 Å². The van der Waals surface area contributed by atoms with Crippen LogP contribution in [0.2, 0.25) is 0 Å². The van der Waals surface area contributed by atoms with Crippen LogP contribution in [0.4, 0.5) is 0 Å². The largest absolute Gasteiger partial charge is 1.00 e. The van der Waals surface area contributed by atoms with Gasteiger partial charge in [0.15, 0.2) is 0 Å². The summed E-state index contributed by atoms with van der Waals surface area (Å²) in [5.41, 5.74) is 0. The Kier molecular flexibility index (Phi) is 20.8. The van der Waals surface area contributed by atoms with Gasteiger partial charge in [-0.2, -0.15) is 0 Å². The first kappa shape index (κ1) is 16.3. The molecule has 0 amide bonds. The smallest absolute Gasteiger partial charge is 0 e. The molecule has 9 heavy (non-hydrogen) atoms. The molecule has 0 rings (SSSR count). The molecular weight excluding hydrogens is 286 g/mol. The minimum atomic E-state index is -0.413. The van der Waals surface area contributed by atoms with E-state index in [1.807, 2.05) is 6.92 Å². The molecule has 0 unspecified atom stereocenters. The van der Waals surface area contributed by atoms with E-state index in [0.717, 1.165) is 13.0 Å². The molecule has 0 saturated heterocycles. The van der Waals surface area contributed by atoms with E-state index in [1.54, 1.807) is 0 Å². The van der Waals surface area contributed by atoms with E-state index in [9.17, 15) is 10.1 Å². The van der Waals surface area contributed by atoms with Gasteiger partial charge in [0.2, 0.25) is 0 Å². The molecule has 0 aromatic carbocycles. The standard InChI is InChI=1S/C4H8NO2.BrH.Cd/c1-2-3-4-5(6)7;;/h4H,2-3H2,1H3;1H;/q-1;;/p-1. The third kappa shape index (κ3) is 17.7. The second-order valence-corrected chi connectivity index (χ2v) is 1.26. The van der Waals surface area contributed by atoms with Crippen LogP contribution in [0.15, 0.2) is 0 Å². The molecule has 0 saturated carbocycles. The van der Waals surface area contributed by atoms with Gasteiger partial charge in [0, 0.05) is 27.3 Å². The average Bonchev–Trinajstić information content (AvgIpc) is 1.61. The molecule has 0 fully saturated rings. The zero-order chi connectivity index (χ0) is 5.70. The van der Waals surface area contributed by atoms with Crippen LogP contribution in [0.1, 0.15) is 19.8 Å². The molecule has 0 radical (unpaired) electrons. The molecule has 0 bridgehead atoms. The fourth-order valence-corrected chi connectivity index (χ4v) is 0.235. The van der Waals surface area contributed by atoms with Gasteiger partial charge in [0.25, 0.3) is 0 Å². The van der Waals surface area contributed by atoms with E-state index < -0.39 is 4.92 Å². The summed E-state index contributed by atoms with van der Waals surface area (Å²) >= 11 is 0. The van der Waals surface area contributed by atoms with Crippen molar-refractivity contribution in [3.05, 3.63) is 16.7 Å². The van der Waals surface area contributed by atoms with Crippen molar-refractivity contribution in [2.75, 3.05) is 0 Å². The van der Waals surface area contributed by atoms with Gasteiger partial charge in [-0.05, 0) is 0 Å². The van der Waals surface area contributed by atoms with Crippen LogP contribution in [-0.2, 0) is 27.3 Å². The summed E-state index contributed by atoms with van der Waals surface area (Å²) in [5, 5.41) is 9.51. The first-order valence-corrected chi connectivity index (χ1v) is 2.24. The van der Waals surface area contributed by atoms with Crippen molar-refractivity contribution in [3.8, 4) is 0 Å². The maximum atomic E-state index is 9.51. The van der Waals surface area contributed by atoms with Crippen LogP contribution in [-0.4, -0.2) is 4.92 Å². The van der Waals surface area contributed by atoms with Crippen molar-refractivity contribution in [1.29, 1.82) is 0 Å². The molecule has 0 aromatic heterocycles. The minimum absolute atomic E-state index is 0. The van der Waals surface area contributed by atoms with Crippen LogP contribution in [0.3, 0.4) is 0 Å². The van der Waals surface area contributed by atoms with Gasteiger partial charge < -0.3 is 17.0 Å². The molecule has 5 heteroatoms. The van der Waals surface area contributed by atoms with E-state index in [2.05, 4.69) is 0 Å². The summed E-state index contributed by atoms with van der Waals surface area (Å²) in [6.07, 6.45) is 1.42. The molecule has 0 spiro atoms. The number of hydrogen-bond acceptors (Lipinski definition) is 2. The van der Waals surface area contributed by atoms with Crippen LogP contribution in [0, 0.1) is 16.7 Å². The summed E-state index contributed by atoms with van der Waals surface area (Å²) in [5.74, 6) is 0. The van der Waals surface area contributed by atoms with Crippen molar-refractivity contribution >= 4 is 0 Å². The van der Waals surface area contributed by atoms with Gasteiger partial charge >= 0.3 is 0 Å². The zero-order valence-corrected chi connectivity index (χ0v) is 11.0. The van der Waals surface area contributed by atoms with Crippen LogP contribution >= 0.6 is 0 Å². The van der Waals surface area contributed by atoms with E-state index in [-0.39, 0.29) is 44.3 Å². The molecule has 0 aromatic rings. The zero-order valence-electron chi connectivity index (χ0n) is 5.34. The Morgan fingerprint density at radius 1 is 1.67 bits per heavy atom. The molecular formula is C4H8BrCdNO2-2. The fourth-order valence-electron chi connectivity index (χ4n) is 0.235. The predicted octanol–water partition coefficient (Wildman–Crippen LogP) is -1.77. The van der Waals surface area contributed by atoms with E-state index >= 15 is 0 Å². The first-order chi connectivity index (χ1) is 3.27. The minimum Gasteiger partial charge on any atom is -1.00 e. The predicted molar refractivity (Wildman–Crippen MR) is 26.2 cm³/mol. The molecule has 0 aliphatic heterocycles. The maximum Gasteiger partial charge on any atom is 0 e. The molecule has 0 aliphatic carbocycles. The SMILES string of the molecule is CCC[CH-][N+](=O)[O-].[Br-].[Cd]. The third-order valence-electron chi connectivity index (χ3n) is 0.567. The molecule has 0 N–H and O–H groups in total. The molecule has 52 valence electrons. The second-order valence-electron chi connectivity index (χ2n) is 1.26. The van der Waals surface area contributed by atoms with Gasteiger partial charge in [-0.1, -0.05) is 19.9 Å². The van der Waals surface area contributed by atoms with Gasteiger partial charge in [0.1, 0.15) is 0 Å². The molecule has 3 nitrogen and oxygen atoms in total. The summed E-state index contributed by atoms with van der Waals surface area (Å²) in [6, 6.07) is 0. The van der Waals surface area contributed by atoms with Crippen molar-refractivity contribution < 1.29 is 49.2 Å². The van der Waals surface area contributed by atoms with Gasteiger partial charge in [-0.25, -0.2) is 0 Å². The first-order valence-electron chi connectivity index (χ1n) is 2.24. The Balaban J connectivity index is -0.000000180. The summed E-state index contributed by atoms with van der Waals surface area (Å²) < 4.78 is 0. The topological polar surface area (TPSA) is 43.1 Å². The number of rotatable bonds is 3. The molecule has 0 heterocycles. The summed E-state index contributed by atoms with van der Waals surface area (Å²) in [6.45, 7) is 2.97. The van der Waals surface area contributed by atoms with E-state index in [1.165, 1.54) is 0 Å². The Morgan fingerprint density at radius 2 is 2.11 bits per heavy atom. The second kappa shape index (κ2) is 11.5. The third-order valence-corrected chi connectivity index (χ3v) is 0.567.